The summed E-state index contributed by atoms with van der Waals surface area (Å²) in [6.45, 7) is 4.08. The molecule has 2 heterocycles. The van der Waals surface area contributed by atoms with Crippen LogP contribution in [0.1, 0.15) is 56.2 Å². The molecule has 6 atom stereocenters. The number of hydrogen-bond acceptors (Lipinski definition) is 5. The molecule has 8 nitrogen and oxygen atoms in total. The number of fused-ring (bicyclic) bond motifs is 1. The Morgan fingerprint density at radius 3 is 2.72 bits per heavy atom. The van der Waals surface area contributed by atoms with Gasteiger partial charge in [-0.2, -0.15) is 0 Å². The van der Waals surface area contributed by atoms with Crippen LogP contribution in [0.5, 0.6) is 0 Å². The highest BCUT2D eigenvalue weighted by molar-refractivity contribution is 5.90. The Labute approximate surface area is 229 Å². The number of amides is 2. The molecule has 1 aliphatic rings. The third kappa shape index (κ3) is 6.47. The molecule has 1 unspecified atom stereocenters. The maximum absolute atomic E-state index is 13.8. The molecule has 2 aromatic heterocycles. The third-order valence-corrected chi connectivity index (χ3v) is 8.32. The molecule has 3 aromatic rings. The molecule has 2 amide bonds. The molecule has 0 bridgehead atoms. The number of H-pyrrole nitrogens is 1. The number of hydrogen-bond donors (Lipinski definition) is 3. The van der Waals surface area contributed by atoms with Crippen molar-refractivity contribution in [3.63, 3.8) is 0 Å². The van der Waals surface area contributed by atoms with Gasteiger partial charge < -0.3 is 25.3 Å². The predicted molar refractivity (Wildman–Crippen MR) is 150 cm³/mol. The lowest BCUT2D eigenvalue weighted by molar-refractivity contribution is -0.139. The minimum atomic E-state index is -0.780. The fraction of sp³-hybridized carbons (Fsp3) is 0.500. The molecule has 4 rings (SSSR count). The van der Waals surface area contributed by atoms with Gasteiger partial charge in [0.05, 0.1) is 12.1 Å². The zero-order valence-electron chi connectivity index (χ0n) is 23.4. The zero-order valence-corrected chi connectivity index (χ0v) is 23.4. The van der Waals surface area contributed by atoms with Crippen molar-refractivity contribution in [3.05, 3.63) is 65.9 Å². The van der Waals surface area contributed by atoms with Gasteiger partial charge in [0.15, 0.2) is 0 Å². The molecule has 0 spiro atoms. The van der Waals surface area contributed by atoms with Gasteiger partial charge in [0.25, 0.3) is 0 Å². The number of ether oxygens (including phenoxy) is 1. The first-order valence-electron chi connectivity index (χ1n) is 13.7. The van der Waals surface area contributed by atoms with Gasteiger partial charge in [0.1, 0.15) is 11.9 Å². The molecule has 3 N–H and O–H groups in total. The van der Waals surface area contributed by atoms with Crippen LogP contribution in [0, 0.1) is 11.7 Å². The Morgan fingerprint density at radius 1 is 1.23 bits per heavy atom. The number of pyridine rings is 1. The zero-order chi connectivity index (χ0) is 28.1. The quantitative estimate of drug-likeness (QED) is 0.344. The number of carbonyl (C=O) groups excluding carboxylic acids is 2. The van der Waals surface area contributed by atoms with Crippen molar-refractivity contribution in [2.24, 2.45) is 5.92 Å². The van der Waals surface area contributed by atoms with E-state index in [4.69, 9.17) is 4.74 Å². The number of nitrogens with one attached hydrogen (secondary N) is 3. The molecule has 210 valence electrons. The molecule has 1 saturated carbocycles. The second-order valence-electron chi connectivity index (χ2n) is 10.7. The first-order valence-corrected chi connectivity index (χ1v) is 13.7. The topological polar surface area (TPSA) is 99.4 Å². The lowest BCUT2D eigenvalue weighted by Crippen LogP contribution is -2.56. The van der Waals surface area contributed by atoms with Gasteiger partial charge >= 0.3 is 0 Å². The van der Waals surface area contributed by atoms with Crippen LogP contribution in [-0.4, -0.2) is 72.6 Å². The second-order valence-corrected chi connectivity index (χ2v) is 10.7. The van der Waals surface area contributed by atoms with E-state index in [0.29, 0.717) is 18.4 Å². The number of likely N-dealkylation sites (N-methyl/N-ethyl adjacent to an activating group) is 2. The first-order chi connectivity index (χ1) is 18.7. The van der Waals surface area contributed by atoms with Gasteiger partial charge in [-0.05, 0) is 87.9 Å². The Bertz CT molecular complexity index is 1270. The average molecular weight is 538 g/mol. The number of carbonyl (C=O) groups is 2. The van der Waals surface area contributed by atoms with Crippen LogP contribution >= 0.6 is 0 Å². The monoisotopic (exact) mass is 537 g/mol. The number of methoxy groups -OCH3 is 1. The van der Waals surface area contributed by atoms with Crippen LogP contribution in [0.3, 0.4) is 0 Å². The van der Waals surface area contributed by atoms with E-state index in [1.165, 1.54) is 24.8 Å². The Kier molecular flexibility index (Phi) is 9.35. The van der Waals surface area contributed by atoms with Crippen LogP contribution in [-0.2, 0) is 14.3 Å². The molecular formula is C30H40FN5O3. The highest BCUT2D eigenvalue weighted by Gasteiger charge is 2.38. The van der Waals surface area contributed by atoms with E-state index in [-0.39, 0.29) is 23.5 Å². The molecule has 1 fully saturated rings. The number of aromatic nitrogens is 2. The van der Waals surface area contributed by atoms with Gasteiger partial charge in [-0.15, -0.1) is 0 Å². The van der Waals surface area contributed by atoms with Crippen LogP contribution in [0.2, 0.25) is 0 Å². The Balaban J connectivity index is 1.49. The third-order valence-electron chi connectivity index (χ3n) is 8.32. The summed E-state index contributed by atoms with van der Waals surface area (Å²) in [5, 5.41) is 6.81. The summed E-state index contributed by atoms with van der Waals surface area (Å²) in [4.78, 5) is 35.6. The van der Waals surface area contributed by atoms with Gasteiger partial charge in [-0.3, -0.25) is 14.6 Å². The van der Waals surface area contributed by atoms with Crippen molar-refractivity contribution in [1.82, 2.24) is 25.5 Å². The number of rotatable bonds is 11. The van der Waals surface area contributed by atoms with E-state index in [0.717, 1.165) is 35.9 Å². The predicted octanol–water partition coefficient (Wildman–Crippen LogP) is 3.96. The summed E-state index contributed by atoms with van der Waals surface area (Å²) in [5.74, 6) is 0.171. The summed E-state index contributed by atoms with van der Waals surface area (Å²) in [6, 6.07) is 9.71. The van der Waals surface area contributed by atoms with E-state index >= 15 is 0 Å². The molecular weight excluding hydrogens is 497 g/mol. The maximum Gasteiger partial charge on any atom is 0.247 e. The maximum atomic E-state index is 13.8. The first kappa shape index (κ1) is 28.7. The van der Waals surface area contributed by atoms with Crippen LogP contribution < -0.4 is 10.6 Å². The number of benzene rings is 1. The lowest BCUT2D eigenvalue weighted by Gasteiger charge is -2.30. The summed E-state index contributed by atoms with van der Waals surface area (Å²) in [5.41, 5.74) is 3.07. The minimum Gasteiger partial charge on any atom is -0.379 e. The second kappa shape index (κ2) is 12.7. The summed E-state index contributed by atoms with van der Waals surface area (Å²) in [7, 11) is 5.02. The van der Waals surface area contributed by atoms with Crippen molar-refractivity contribution in [1.29, 1.82) is 0 Å². The van der Waals surface area contributed by atoms with Gasteiger partial charge in [-0.25, -0.2) is 4.39 Å². The van der Waals surface area contributed by atoms with Crippen LogP contribution in [0.15, 0.2) is 48.8 Å². The van der Waals surface area contributed by atoms with E-state index in [1.54, 1.807) is 32.8 Å². The van der Waals surface area contributed by atoms with Crippen LogP contribution in [0.4, 0.5) is 4.39 Å². The van der Waals surface area contributed by atoms with Crippen molar-refractivity contribution < 1.29 is 18.7 Å². The summed E-state index contributed by atoms with van der Waals surface area (Å²) < 4.78 is 19.2. The molecule has 1 aromatic carbocycles. The van der Waals surface area contributed by atoms with Crippen molar-refractivity contribution >= 4 is 22.7 Å². The molecule has 1 aliphatic carbocycles. The molecule has 39 heavy (non-hydrogen) atoms. The number of aromatic amines is 1. The standard InChI is InChI=1S/C30H40FN5O3/c1-18(32-3)29(37)35-28(19(2)39-5)30(38)36(4)13-11-20-14-21(15-24(20)26-8-6-7-12-33-26)25-17-34-27-16-22(31)9-10-23(25)27/h6-10,12,16-21,24,28,32,34H,11,13-15H2,1-5H3,(H,35,37)/t18-,19+,20+,21+,24?,28-/m0/s1. The lowest BCUT2D eigenvalue weighted by atomic mass is 9.89. The number of halogens is 1. The smallest absolute Gasteiger partial charge is 0.247 e. The van der Waals surface area contributed by atoms with Gasteiger partial charge in [0.2, 0.25) is 11.8 Å². The Hall–Kier alpha value is -3.30. The van der Waals surface area contributed by atoms with E-state index < -0.39 is 18.2 Å². The molecule has 0 aliphatic heterocycles. The molecule has 0 saturated heterocycles. The van der Waals surface area contributed by atoms with Crippen molar-refractivity contribution in [2.75, 3.05) is 27.7 Å². The van der Waals surface area contributed by atoms with E-state index in [2.05, 4.69) is 26.7 Å². The fourth-order valence-electron chi connectivity index (χ4n) is 5.75. The fourth-order valence-corrected chi connectivity index (χ4v) is 5.75. The van der Waals surface area contributed by atoms with E-state index in [1.807, 2.05) is 30.6 Å². The average Bonchev–Trinajstić information content (AvgIpc) is 3.57. The molecule has 0 radical (unpaired) electrons. The Morgan fingerprint density at radius 2 is 2.03 bits per heavy atom. The highest BCUT2D eigenvalue weighted by atomic mass is 19.1. The molecule has 9 heteroatoms. The largest absolute Gasteiger partial charge is 0.379 e. The summed E-state index contributed by atoms with van der Waals surface area (Å²) >= 11 is 0. The number of nitrogens with zero attached hydrogens (tertiary/aromatic N) is 2. The SMILES string of the molecule is CN[C@@H](C)C(=O)N[C@H](C(=O)N(C)CC[C@@H]1C[C@@H](c2c[nH]c3cc(F)ccc23)CC1c1ccccn1)[C@@H](C)OC. The van der Waals surface area contributed by atoms with Crippen molar-refractivity contribution in [2.45, 2.75) is 63.1 Å². The minimum absolute atomic E-state index is 0.177. The van der Waals surface area contributed by atoms with Crippen molar-refractivity contribution in [3.8, 4) is 0 Å². The van der Waals surface area contributed by atoms with E-state index in [9.17, 15) is 14.0 Å². The van der Waals surface area contributed by atoms with Crippen LogP contribution in [0.25, 0.3) is 10.9 Å². The normalized spacial score (nSPS) is 21.4. The van der Waals surface area contributed by atoms with Gasteiger partial charge in [-0.1, -0.05) is 6.07 Å². The summed E-state index contributed by atoms with van der Waals surface area (Å²) in [6.07, 6.45) is 6.04. The highest BCUT2D eigenvalue weighted by Crippen LogP contribution is 2.49. The van der Waals surface area contributed by atoms with Gasteiger partial charge in [0, 0.05) is 55.6 Å².